The monoisotopic (exact) mass is 180 g/mol. The minimum absolute atomic E-state index is 0.997. The maximum absolute atomic E-state index is 2.31. The molecule has 0 saturated heterocycles. The molecule has 0 N–H and O–H groups in total. The first-order valence-corrected chi connectivity index (χ1v) is 5.75. The molecule has 12 heavy (non-hydrogen) atoms. The number of rotatable bonds is 3. The van der Waals surface area contributed by atoms with Crippen LogP contribution >= 0.6 is 8.58 Å². The van der Waals surface area contributed by atoms with Crippen LogP contribution in [0.4, 0.5) is 0 Å². The van der Waals surface area contributed by atoms with Gasteiger partial charge in [0.1, 0.15) is 0 Å². The second-order valence-electron chi connectivity index (χ2n) is 3.30. The fourth-order valence-corrected chi connectivity index (χ4v) is 2.54. The first kappa shape index (κ1) is 9.74. The summed E-state index contributed by atoms with van der Waals surface area (Å²) in [4.78, 5) is 0. The molecule has 0 aromatic heterocycles. The number of benzene rings is 1. The minimum Gasteiger partial charge on any atom is -0.0904 e. The van der Waals surface area contributed by atoms with E-state index in [1.165, 1.54) is 29.0 Å². The molecular weight excluding hydrogens is 163 g/mol. The smallest absolute Gasteiger partial charge is 0.0266 e. The molecule has 0 aliphatic rings. The lowest BCUT2D eigenvalue weighted by Gasteiger charge is -2.03. The van der Waals surface area contributed by atoms with Gasteiger partial charge in [-0.3, -0.25) is 0 Å². The predicted octanol–water partition coefficient (Wildman–Crippen LogP) is 3.02. The van der Waals surface area contributed by atoms with E-state index in [0.29, 0.717) is 0 Å². The minimum atomic E-state index is 0.997. The van der Waals surface area contributed by atoms with Crippen molar-refractivity contribution < 1.29 is 0 Å². The zero-order chi connectivity index (χ0) is 8.97. The fourth-order valence-electron chi connectivity index (χ4n) is 1.35. The largest absolute Gasteiger partial charge is 0.0904 e. The molecule has 66 valence electrons. The lowest BCUT2D eigenvalue weighted by molar-refractivity contribution is 1.10. The molecule has 1 aromatic carbocycles. The Morgan fingerprint density at radius 1 is 1.08 bits per heavy atom. The van der Waals surface area contributed by atoms with Gasteiger partial charge in [-0.1, -0.05) is 51.3 Å². The van der Waals surface area contributed by atoms with E-state index in [1.807, 2.05) is 0 Å². The van der Waals surface area contributed by atoms with Crippen LogP contribution in [0.5, 0.6) is 0 Å². The number of hydrogen-bond acceptors (Lipinski definition) is 0. The van der Waals surface area contributed by atoms with Crippen LogP contribution in [0.1, 0.15) is 24.5 Å². The molecule has 0 radical (unpaired) electrons. The summed E-state index contributed by atoms with van der Waals surface area (Å²) in [5.74, 6) is 0. The average Bonchev–Trinajstić information content (AvgIpc) is 1.99. The Morgan fingerprint density at radius 3 is 2.17 bits per heavy atom. The predicted molar refractivity (Wildman–Crippen MR) is 59.0 cm³/mol. The number of hydrogen-bond donors (Lipinski definition) is 0. The van der Waals surface area contributed by atoms with E-state index in [4.69, 9.17) is 0 Å². The van der Waals surface area contributed by atoms with Gasteiger partial charge in [0.05, 0.1) is 0 Å². The Morgan fingerprint density at radius 2 is 1.67 bits per heavy atom. The van der Waals surface area contributed by atoms with Crippen LogP contribution in [0.15, 0.2) is 18.2 Å². The van der Waals surface area contributed by atoms with E-state index in [2.05, 4.69) is 39.0 Å². The summed E-state index contributed by atoms with van der Waals surface area (Å²) in [6, 6.07) is 6.85. The van der Waals surface area contributed by atoms with Gasteiger partial charge >= 0.3 is 0 Å². The summed E-state index contributed by atoms with van der Waals surface area (Å²) in [5, 5.41) is 1.52. The Bertz CT molecular complexity index is 233. The third kappa shape index (κ3) is 2.95. The quantitative estimate of drug-likeness (QED) is 0.627. The van der Waals surface area contributed by atoms with Crippen LogP contribution in [0.3, 0.4) is 0 Å². The van der Waals surface area contributed by atoms with Crippen LogP contribution in [0, 0.1) is 13.8 Å². The van der Waals surface area contributed by atoms with E-state index in [0.717, 1.165) is 8.58 Å². The summed E-state index contributed by atoms with van der Waals surface area (Å²) >= 11 is 0. The second kappa shape index (κ2) is 4.62. The van der Waals surface area contributed by atoms with E-state index in [9.17, 15) is 0 Å². The highest BCUT2D eigenvalue weighted by molar-refractivity contribution is 7.47. The molecule has 1 unspecified atom stereocenters. The van der Waals surface area contributed by atoms with Crippen LogP contribution in [0.2, 0.25) is 0 Å². The van der Waals surface area contributed by atoms with Crippen LogP contribution < -0.4 is 5.30 Å². The highest BCUT2D eigenvalue weighted by atomic mass is 31.1. The van der Waals surface area contributed by atoms with Gasteiger partial charge in [0.2, 0.25) is 0 Å². The Balaban J connectivity index is 2.72. The van der Waals surface area contributed by atoms with Gasteiger partial charge in [0.15, 0.2) is 0 Å². The molecule has 0 aliphatic carbocycles. The normalized spacial score (nSPS) is 11.2. The second-order valence-corrected chi connectivity index (χ2v) is 4.73. The van der Waals surface area contributed by atoms with Crippen molar-refractivity contribution in [2.45, 2.75) is 27.2 Å². The van der Waals surface area contributed by atoms with Gasteiger partial charge < -0.3 is 0 Å². The van der Waals surface area contributed by atoms with Crippen molar-refractivity contribution in [3.05, 3.63) is 29.3 Å². The standard InChI is InChI=1S/C11H17P/c1-4-5-12-11-7-9(2)6-10(3)8-11/h6-8,12H,4-5H2,1-3H3. The summed E-state index contributed by atoms with van der Waals surface area (Å²) in [5.41, 5.74) is 2.79. The third-order valence-electron chi connectivity index (χ3n) is 1.80. The van der Waals surface area contributed by atoms with Gasteiger partial charge in [-0.25, -0.2) is 0 Å². The molecule has 0 spiro atoms. The molecule has 1 rings (SSSR count). The zero-order valence-corrected chi connectivity index (χ0v) is 9.15. The summed E-state index contributed by atoms with van der Waals surface area (Å²) in [7, 11) is 0.997. The van der Waals surface area contributed by atoms with E-state index < -0.39 is 0 Å². The summed E-state index contributed by atoms with van der Waals surface area (Å²) in [6.07, 6.45) is 2.63. The van der Waals surface area contributed by atoms with Gasteiger partial charge in [-0.2, -0.15) is 0 Å². The lowest BCUT2D eigenvalue weighted by atomic mass is 10.2. The van der Waals surface area contributed by atoms with Crippen molar-refractivity contribution in [3.8, 4) is 0 Å². The maximum Gasteiger partial charge on any atom is -0.0266 e. The van der Waals surface area contributed by atoms with Crippen LogP contribution in [0.25, 0.3) is 0 Å². The van der Waals surface area contributed by atoms with E-state index in [-0.39, 0.29) is 0 Å². The van der Waals surface area contributed by atoms with Crippen molar-refractivity contribution >= 4 is 13.9 Å². The summed E-state index contributed by atoms with van der Waals surface area (Å²) in [6.45, 7) is 6.59. The molecule has 1 atom stereocenters. The van der Waals surface area contributed by atoms with Gasteiger partial charge in [-0.05, 0) is 25.3 Å². The zero-order valence-electron chi connectivity index (χ0n) is 8.15. The molecule has 0 aliphatic heterocycles. The lowest BCUT2D eigenvalue weighted by Crippen LogP contribution is -1.97. The van der Waals surface area contributed by atoms with Gasteiger partial charge in [-0.15, -0.1) is 0 Å². The van der Waals surface area contributed by atoms with Crippen LogP contribution in [-0.2, 0) is 0 Å². The molecule has 0 nitrogen and oxygen atoms in total. The fraction of sp³-hybridized carbons (Fsp3) is 0.455. The molecular formula is C11H17P. The maximum atomic E-state index is 2.31. The summed E-state index contributed by atoms with van der Waals surface area (Å²) < 4.78 is 0. The Kier molecular flexibility index (Phi) is 3.75. The molecule has 1 aromatic rings. The van der Waals surface area contributed by atoms with Crippen molar-refractivity contribution in [1.29, 1.82) is 0 Å². The number of aryl methyl sites for hydroxylation is 2. The van der Waals surface area contributed by atoms with Gasteiger partial charge in [0, 0.05) is 0 Å². The Hall–Kier alpha value is -0.350. The highest BCUT2D eigenvalue weighted by Crippen LogP contribution is 2.13. The van der Waals surface area contributed by atoms with Gasteiger partial charge in [0.25, 0.3) is 0 Å². The van der Waals surface area contributed by atoms with Crippen LogP contribution in [-0.4, -0.2) is 6.16 Å². The molecule has 0 heterocycles. The van der Waals surface area contributed by atoms with E-state index in [1.54, 1.807) is 0 Å². The molecule has 0 amide bonds. The third-order valence-corrected chi connectivity index (χ3v) is 3.25. The SMILES string of the molecule is CCCPc1cc(C)cc(C)c1. The van der Waals surface area contributed by atoms with E-state index >= 15 is 0 Å². The average molecular weight is 180 g/mol. The van der Waals surface area contributed by atoms with Crippen molar-refractivity contribution in [3.63, 3.8) is 0 Å². The molecule has 0 fully saturated rings. The first-order chi connectivity index (χ1) is 5.72. The highest BCUT2D eigenvalue weighted by Gasteiger charge is 1.94. The molecule has 0 saturated carbocycles. The topological polar surface area (TPSA) is 0 Å². The van der Waals surface area contributed by atoms with Crippen molar-refractivity contribution in [2.24, 2.45) is 0 Å². The molecule has 1 heteroatoms. The van der Waals surface area contributed by atoms with Crippen molar-refractivity contribution in [1.82, 2.24) is 0 Å². The van der Waals surface area contributed by atoms with Crippen molar-refractivity contribution in [2.75, 3.05) is 6.16 Å². The first-order valence-electron chi connectivity index (χ1n) is 4.54. The molecule has 0 bridgehead atoms. The Labute approximate surface area is 77.2 Å².